The maximum Gasteiger partial charge on any atom is 0.251 e. The van der Waals surface area contributed by atoms with Crippen molar-refractivity contribution in [3.63, 3.8) is 0 Å². The molecule has 0 spiro atoms. The van der Waals surface area contributed by atoms with E-state index in [0.29, 0.717) is 31.1 Å². The molecule has 0 saturated carbocycles. The van der Waals surface area contributed by atoms with E-state index in [-0.39, 0.29) is 5.91 Å². The minimum absolute atomic E-state index is 0.142. The molecule has 134 valence electrons. The summed E-state index contributed by atoms with van der Waals surface area (Å²) in [5, 5.41) is 14.6. The molecule has 0 radical (unpaired) electrons. The third kappa shape index (κ3) is 4.05. The van der Waals surface area contributed by atoms with E-state index < -0.39 is 0 Å². The van der Waals surface area contributed by atoms with Gasteiger partial charge in [-0.3, -0.25) is 4.79 Å². The topological polar surface area (TPSA) is 81.9 Å². The van der Waals surface area contributed by atoms with E-state index in [1.54, 1.807) is 16.8 Å². The number of nitrogens with zero attached hydrogens (tertiary/aromatic N) is 4. The number of benzene rings is 2. The smallest absolute Gasteiger partial charge is 0.251 e. The molecule has 2 aromatic carbocycles. The molecule has 1 N–H and O–H groups in total. The predicted molar refractivity (Wildman–Crippen MR) is 97.7 cm³/mol. The molecule has 0 bridgehead atoms. The minimum Gasteiger partial charge on any atom is -0.494 e. The van der Waals surface area contributed by atoms with Gasteiger partial charge in [0.05, 0.1) is 6.61 Å². The Labute approximate surface area is 152 Å². The molecular weight excluding hydrogens is 330 g/mol. The highest BCUT2D eigenvalue weighted by molar-refractivity contribution is 5.95. The number of aromatic nitrogens is 4. The average molecular weight is 351 g/mol. The summed E-state index contributed by atoms with van der Waals surface area (Å²) in [6, 6.07) is 15.0. The largest absolute Gasteiger partial charge is 0.494 e. The molecule has 0 aliphatic carbocycles. The summed E-state index contributed by atoms with van der Waals surface area (Å²) >= 11 is 0. The highest BCUT2D eigenvalue weighted by Crippen LogP contribution is 2.17. The Morgan fingerprint density at radius 1 is 1.15 bits per heavy atom. The first-order valence-electron chi connectivity index (χ1n) is 8.57. The van der Waals surface area contributed by atoms with Gasteiger partial charge < -0.3 is 10.1 Å². The van der Waals surface area contributed by atoms with Gasteiger partial charge in [0.2, 0.25) is 0 Å². The molecular formula is C19H21N5O2. The second-order valence-corrected chi connectivity index (χ2v) is 5.66. The first kappa shape index (κ1) is 17.6. The van der Waals surface area contributed by atoms with Crippen LogP contribution in [0, 0.1) is 0 Å². The molecule has 0 aliphatic rings. The van der Waals surface area contributed by atoms with Crippen LogP contribution in [-0.4, -0.2) is 32.7 Å². The quantitative estimate of drug-likeness (QED) is 0.708. The van der Waals surface area contributed by atoms with Gasteiger partial charge in [0.15, 0.2) is 5.82 Å². The second-order valence-electron chi connectivity index (χ2n) is 5.66. The normalized spacial score (nSPS) is 10.5. The minimum atomic E-state index is -0.142. The summed E-state index contributed by atoms with van der Waals surface area (Å²) in [6.07, 6.45) is 0. The van der Waals surface area contributed by atoms with Crippen molar-refractivity contribution in [1.82, 2.24) is 25.5 Å². The van der Waals surface area contributed by atoms with Crippen LogP contribution in [0.2, 0.25) is 0 Å². The van der Waals surface area contributed by atoms with Gasteiger partial charge in [-0.15, -0.1) is 5.10 Å². The van der Waals surface area contributed by atoms with Crippen molar-refractivity contribution < 1.29 is 9.53 Å². The van der Waals surface area contributed by atoms with Crippen molar-refractivity contribution in [3.8, 4) is 17.1 Å². The number of aryl methyl sites for hydroxylation is 1. The molecule has 1 heterocycles. The van der Waals surface area contributed by atoms with E-state index in [2.05, 4.69) is 20.8 Å². The first-order chi connectivity index (χ1) is 12.7. The maximum atomic E-state index is 12.5. The van der Waals surface area contributed by atoms with Crippen LogP contribution >= 0.6 is 0 Å². The van der Waals surface area contributed by atoms with E-state index in [4.69, 9.17) is 4.74 Å². The summed E-state index contributed by atoms with van der Waals surface area (Å²) in [5.41, 5.74) is 2.39. The summed E-state index contributed by atoms with van der Waals surface area (Å²) in [5.74, 6) is 1.33. The Morgan fingerprint density at radius 3 is 2.69 bits per heavy atom. The van der Waals surface area contributed by atoms with E-state index >= 15 is 0 Å². The molecule has 1 amide bonds. The lowest BCUT2D eigenvalue weighted by Crippen LogP contribution is -2.22. The van der Waals surface area contributed by atoms with Crippen molar-refractivity contribution in [3.05, 3.63) is 59.7 Å². The molecule has 0 saturated heterocycles. The molecule has 26 heavy (non-hydrogen) atoms. The van der Waals surface area contributed by atoms with Crippen LogP contribution in [0.4, 0.5) is 0 Å². The number of carbonyl (C=O) groups excluding carboxylic acids is 1. The Morgan fingerprint density at radius 2 is 1.96 bits per heavy atom. The molecule has 0 unspecified atom stereocenters. The van der Waals surface area contributed by atoms with E-state index in [1.165, 1.54) is 0 Å². The van der Waals surface area contributed by atoms with Gasteiger partial charge in [-0.05, 0) is 54.1 Å². The second kappa shape index (κ2) is 8.24. The zero-order valence-electron chi connectivity index (χ0n) is 14.8. The van der Waals surface area contributed by atoms with Gasteiger partial charge in [0.1, 0.15) is 5.75 Å². The SMILES string of the molecule is CCOc1ccc(CNC(=O)c2cccc(-c3nnnn3CC)c2)cc1. The molecule has 3 aromatic rings. The van der Waals surface area contributed by atoms with Crippen LogP contribution in [0.25, 0.3) is 11.4 Å². The fourth-order valence-electron chi connectivity index (χ4n) is 2.58. The van der Waals surface area contributed by atoms with E-state index in [1.807, 2.05) is 50.2 Å². The average Bonchev–Trinajstić information content (AvgIpc) is 3.16. The van der Waals surface area contributed by atoms with Gasteiger partial charge in [-0.1, -0.05) is 24.3 Å². The van der Waals surface area contributed by atoms with Crippen molar-refractivity contribution in [1.29, 1.82) is 0 Å². The van der Waals surface area contributed by atoms with Crippen LogP contribution < -0.4 is 10.1 Å². The summed E-state index contributed by atoms with van der Waals surface area (Å²) in [4.78, 5) is 12.5. The first-order valence-corrected chi connectivity index (χ1v) is 8.57. The molecule has 3 rings (SSSR count). The Bertz CT molecular complexity index is 874. The third-order valence-corrected chi connectivity index (χ3v) is 3.90. The molecule has 7 nitrogen and oxygen atoms in total. The summed E-state index contributed by atoms with van der Waals surface area (Å²) < 4.78 is 7.11. The number of nitrogens with one attached hydrogen (secondary N) is 1. The van der Waals surface area contributed by atoms with Crippen LogP contribution in [0.3, 0.4) is 0 Å². The van der Waals surface area contributed by atoms with E-state index in [0.717, 1.165) is 16.9 Å². The van der Waals surface area contributed by atoms with Crippen molar-refractivity contribution in [2.45, 2.75) is 26.9 Å². The van der Waals surface area contributed by atoms with Gasteiger partial charge in [0.25, 0.3) is 5.91 Å². The van der Waals surface area contributed by atoms with Crippen molar-refractivity contribution >= 4 is 5.91 Å². The van der Waals surface area contributed by atoms with Gasteiger partial charge in [0, 0.05) is 24.2 Å². The Hall–Kier alpha value is -3.22. The monoisotopic (exact) mass is 351 g/mol. The molecule has 1 aromatic heterocycles. The lowest BCUT2D eigenvalue weighted by atomic mass is 10.1. The van der Waals surface area contributed by atoms with Crippen LogP contribution in [0.15, 0.2) is 48.5 Å². The lowest BCUT2D eigenvalue weighted by Gasteiger charge is -2.08. The number of tetrazole rings is 1. The Kier molecular flexibility index (Phi) is 5.58. The number of ether oxygens (including phenoxy) is 1. The highest BCUT2D eigenvalue weighted by atomic mass is 16.5. The standard InChI is InChI=1S/C19H21N5O2/c1-3-24-18(21-22-23-24)15-6-5-7-16(12-15)19(25)20-13-14-8-10-17(11-9-14)26-4-2/h5-12H,3-4,13H2,1-2H3,(H,20,25). The number of amides is 1. The van der Waals surface area contributed by atoms with Gasteiger partial charge in [-0.2, -0.15) is 0 Å². The van der Waals surface area contributed by atoms with Gasteiger partial charge >= 0.3 is 0 Å². The lowest BCUT2D eigenvalue weighted by molar-refractivity contribution is 0.0951. The van der Waals surface area contributed by atoms with Crippen LogP contribution in [0.5, 0.6) is 5.75 Å². The summed E-state index contributed by atoms with van der Waals surface area (Å²) in [6.45, 7) is 5.65. The molecule has 7 heteroatoms. The van der Waals surface area contributed by atoms with Crippen molar-refractivity contribution in [2.75, 3.05) is 6.61 Å². The predicted octanol–water partition coefficient (Wildman–Crippen LogP) is 2.69. The zero-order valence-corrected chi connectivity index (χ0v) is 14.8. The Balaban J connectivity index is 1.67. The fraction of sp³-hybridized carbons (Fsp3) is 0.263. The van der Waals surface area contributed by atoms with E-state index in [9.17, 15) is 4.79 Å². The van der Waals surface area contributed by atoms with Crippen molar-refractivity contribution in [2.24, 2.45) is 0 Å². The molecule has 0 aliphatic heterocycles. The van der Waals surface area contributed by atoms with Crippen LogP contribution in [-0.2, 0) is 13.1 Å². The maximum absolute atomic E-state index is 12.5. The number of carbonyl (C=O) groups is 1. The fourth-order valence-corrected chi connectivity index (χ4v) is 2.58. The highest BCUT2D eigenvalue weighted by Gasteiger charge is 2.11. The third-order valence-electron chi connectivity index (χ3n) is 3.90. The molecule has 0 fully saturated rings. The number of rotatable bonds is 7. The van der Waals surface area contributed by atoms with Crippen LogP contribution in [0.1, 0.15) is 29.8 Å². The molecule has 0 atom stereocenters. The number of hydrogen-bond donors (Lipinski definition) is 1. The van der Waals surface area contributed by atoms with Gasteiger partial charge in [-0.25, -0.2) is 4.68 Å². The summed E-state index contributed by atoms with van der Waals surface area (Å²) in [7, 11) is 0. The number of hydrogen-bond acceptors (Lipinski definition) is 5. The zero-order chi connectivity index (χ0) is 18.4.